The molecule has 0 bridgehead atoms. The van der Waals surface area contributed by atoms with Crippen LogP contribution in [0, 0.1) is 0 Å². The Kier molecular flexibility index (Phi) is 47.4. The summed E-state index contributed by atoms with van der Waals surface area (Å²) < 4.78 is 0. The Morgan fingerprint density at radius 3 is 1.17 bits per heavy atom. The lowest BCUT2D eigenvalue weighted by Gasteiger charge is -2.27. The molecule has 5 N–H and O–H groups in total. The lowest BCUT2D eigenvalue weighted by Crippen LogP contribution is -2.53. The third-order valence-corrected chi connectivity index (χ3v) is 12.3. The predicted octanol–water partition coefficient (Wildman–Crippen LogP) is 14.9. The molecular formula is C54H103NO5. The zero-order valence-electron chi connectivity index (χ0n) is 40.0. The molecule has 0 aliphatic heterocycles. The summed E-state index contributed by atoms with van der Waals surface area (Å²) in [5.74, 6) is -0.597. The molecular weight excluding hydrogens is 743 g/mol. The summed E-state index contributed by atoms with van der Waals surface area (Å²) in [6.45, 7) is 3.92. The first kappa shape index (κ1) is 58.5. The zero-order chi connectivity index (χ0) is 43.8. The van der Waals surface area contributed by atoms with E-state index in [1.165, 1.54) is 193 Å². The summed E-state index contributed by atoms with van der Waals surface area (Å²) >= 11 is 0. The van der Waals surface area contributed by atoms with Crippen molar-refractivity contribution in [1.29, 1.82) is 0 Å². The summed E-state index contributed by atoms with van der Waals surface area (Å²) in [7, 11) is 0. The molecule has 0 aromatic heterocycles. The van der Waals surface area contributed by atoms with E-state index >= 15 is 0 Å². The van der Waals surface area contributed by atoms with Crippen LogP contribution in [0.4, 0.5) is 0 Å². The minimum atomic E-state index is -1.28. The SMILES string of the molecule is CCC/C=C/CCCC(O)C(O)C(CO)NC(=O)C(O)CCCCCCCCCCCCCCCCCC/C=C\C/C=C\CCCCCCCCCCCCCCCCC. The van der Waals surface area contributed by atoms with E-state index in [9.17, 15) is 25.2 Å². The minimum Gasteiger partial charge on any atom is -0.394 e. The van der Waals surface area contributed by atoms with Crippen molar-refractivity contribution in [2.75, 3.05) is 6.61 Å². The number of carbonyl (C=O) groups excluding carboxylic acids is 1. The van der Waals surface area contributed by atoms with E-state index in [4.69, 9.17) is 0 Å². The number of rotatable bonds is 48. The molecule has 4 unspecified atom stereocenters. The van der Waals surface area contributed by atoms with Crippen LogP contribution in [0.3, 0.4) is 0 Å². The van der Waals surface area contributed by atoms with Gasteiger partial charge < -0.3 is 25.7 Å². The quantitative estimate of drug-likeness (QED) is 0.0309. The van der Waals surface area contributed by atoms with Gasteiger partial charge in [0.05, 0.1) is 18.8 Å². The van der Waals surface area contributed by atoms with Crippen LogP contribution in [0.25, 0.3) is 0 Å². The fourth-order valence-electron chi connectivity index (χ4n) is 8.15. The number of carbonyl (C=O) groups is 1. The first-order chi connectivity index (χ1) is 29.5. The second-order valence-electron chi connectivity index (χ2n) is 18.2. The Bertz CT molecular complexity index is 950. The lowest BCUT2D eigenvalue weighted by molar-refractivity contribution is -0.132. The second kappa shape index (κ2) is 48.6. The topological polar surface area (TPSA) is 110 Å². The molecule has 0 radical (unpaired) electrons. The number of unbranched alkanes of at least 4 members (excludes halogenated alkanes) is 33. The van der Waals surface area contributed by atoms with Crippen LogP contribution in [-0.4, -0.2) is 57.3 Å². The van der Waals surface area contributed by atoms with Crippen molar-refractivity contribution < 1.29 is 25.2 Å². The van der Waals surface area contributed by atoms with Gasteiger partial charge >= 0.3 is 0 Å². The van der Waals surface area contributed by atoms with Crippen molar-refractivity contribution in [3.8, 4) is 0 Å². The first-order valence-electron chi connectivity index (χ1n) is 26.4. The summed E-state index contributed by atoms with van der Waals surface area (Å²) in [5.41, 5.74) is 0. The van der Waals surface area contributed by atoms with Crippen molar-refractivity contribution in [2.45, 2.75) is 295 Å². The molecule has 0 spiro atoms. The van der Waals surface area contributed by atoms with E-state index in [-0.39, 0.29) is 0 Å². The Morgan fingerprint density at radius 2 is 0.767 bits per heavy atom. The Morgan fingerprint density at radius 1 is 0.417 bits per heavy atom. The molecule has 0 aromatic rings. The third-order valence-electron chi connectivity index (χ3n) is 12.3. The van der Waals surface area contributed by atoms with Crippen LogP contribution in [0.5, 0.6) is 0 Å². The van der Waals surface area contributed by atoms with Gasteiger partial charge in [0.2, 0.25) is 5.91 Å². The molecule has 6 nitrogen and oxygen atoms in total. The fourth-order valence-corrected chi connectivity index (χ4v) is 8.15. The maximum atomic E-state index is 12.4. The van der Waals surface area contributed by atoms with Gasteiger partial charge in [-0.2, -0.15) is 0 Å². The molecule has 0 aliphatic rings. The first-order valence-corrected chi connectivity index (χ1v) is 26.4. The molecule has 0 saturated carbocycles. The number of nitrogens with one attached hydrogen (secondary N) is 1. The zero-order valence-corrected chi connectivity index (χ0v) is 40.0. The molecule has 60 heavy (non-hydrogen) atoms. The number of hydrogen-bond donors (Lipinski definition) is 5. The molecule has 4 atom stereocenters. The van der Waals surface area contributed by atoms with Crippen LogP contribution in [0.15, 0.2) is 36.5 Å². The van der Waals surface area contributed by atoms with Gasteiger partial charge in [-0.1, -0.05) is 243 Å². The monoisotopic (exact) mass is 846 g/mol. The average Bonchev–Trinajstić information content (AvgIpc) is 3.25. The highest BCUT2D eigenvalue weighted by atomic mass is 16.3. The van der Waals surface area contributed by atoms with Gasteiger partial charge in [0.1, 0.15) is 12.2 Å². The molecule has 1 amide bonds. The molecule has 0 saturated heterocycles. The highest BCUT2D eigenvalue weighted by Crippen LogP contribution is 2.17. The largest absolute Gasteiger partial charge is 0.394 e. The summed E-state index contributed by atoms with van der Waals surface area (Å²) in [6.07, 6.45) is 60.0. The number of amides is 1. The molecule has 354 valence electrons. The van der Waals surface area contributed by atoms with Gasteiger partial charge in [-0.05, 0) is 64.2 Å². The Balaban J connectivity index is 3.46. The molecule has 0 heterocycles. The molecule has 0 rings (SSSR count). The smallest absolute Gasteiger partial charge is 0.249 e. The fraction of sp³-hybridized carbons (Fsp3) is 0.870. The minimum absolute atomic E-state index is 0.363. The highest BCUT2D eigenvalue weighted by molar-refractivity contribution is 5.80. The lowest BCUT2D eigenvalue weighted by atomic mass is 10.00. The molecule has 0 aromatic carbocycles. The van der Waals surface area contributed by atoms with E-state index in [1.54, 1.807) is 0 Å². The van der Waals surface area contributed by atoms with Crippen molar-refractivity contribution in [3.63, 3.8) is 0 Å². The van der Waals surface area contributed by atoms with Gasteiger partial charge in [0.25, 0.3) is 0 Å². The van der Waals surface area contributed by atoms with E-state index in [0.29, 0.717) is 19.3 Å². The number of hydrogen-bond acceptors (Lipinski definition) is 5. The van der Waals surface area contributed by atoms with Crippen molar-refractivity contribution in [3.05, 3.63) is 36.5 Å². The van der Waals surface area contributed by atoms with Crippen molar-refractivity contribution >= 4 is 5.91 Å². The van der Waals surface area contributed by atoms with Gasteiger partial charge in [0, 0.05) is 0 Å². The maximum Gasteiger partial charge on any atom is 0.249 e. The Hall–Kier alpha value is -1.47. The van der Waals surface area contributed by atoms with Gasteiger partial charge in [0.15, 0.2) is 0 Å². The molecule has 0 aliphatic carbocycles. The van der Waals surface area contributed by atoms with Gasteiger partial charge in [-0.15, -0.1) is 0 Å². The summed E-state index contributed by atoms with van der Waals surface area (Å²) in [5, 5.41) is 43.3. The van der Waals surface area contributed by atoms with Crippen LogP contribution in [-0.2, 0) is 4.79 Å². The van der Waals surface area contributed by atoms with E-state index in [2.05, 4.69) is 55.6 Å². The summed E-state index contributed by atoms with van der Waals surface area (Å²) in [4.78, 5) is 12.4. The normalized spacial score (nSPS) is 14.2. The highest BCUT2D eigenvalue weighted by Gasteiger charge is 2.28. The van der Waals surface area contributed by atoms with Crippen LogP contribution in [0.1, 0.15) is 271 Å². The maximum absolute atomic E-state index is 12.4. The van der Waals surface area contributed by atoms with Gasteiger partial charge in [-0.3, -0.25) is 4.79 Å². The number of aliphatic hydroxyl groups is 4. The number of allylic oxidation sites excluding steroid dienone is 6. The van der Waals surface area contributed by atoms with E-state index in [1.807, 2.05) is 0 Å². The van der Waals surface area contributed by atoms with Gasteiger partial charge in [-0.25, -0.2) is 0 Å². The van der Waals surface area contributed by atoms with Crippen LogP contribution >= 0.6 is 0 Å². The number of aliphatic hydroxyl groups excluding tert-OH is 4. The van der Waals surface area contributed by atoms with Crippen molar-refractivity contribution in [2.24, 2.45) is 0 Å². The summed E-state index contributed by atoms with van der Waals surface area (Å²) in [6, 6.07) is -0.998. The molecule has 6 heteroatoms. The van der Waals surface area contributed by atoms with Crippen LogP contribution in [0.2, 0.25) is 0 Å². The standard InChI is InChI=1S/C54H103NO5/c1-3-5-7-9-11-12-13-14-15-16-17-18-19-20-21-22-23-24-25-26-27-28-29-30-31-32-33-34-35-36-37-38-39-40-41-42-44-46-48-52(58)54(60)55-50(49-56)53(59)51(57)47-45-43-10-8-6-4-2/h8,10,23-24,26-27,50-53,56-59H,3-7,9,11-22,25,28-49H2,1-2H3,(H,55,60)/b10-8+,24-23-,27-26-. The third kappa shape index (κ3) is 41.9. The van der Waals surface area contributed by atoms with Crippen molar-refractivity contribution in [1.82, 2.24) is 5.32 Å². The predicted molar refractivity (Wildman–Crippen MR) is 260 cm³/mol. The average molecular weight is 846 g/mol. The second-order valence-corrected chi connectivity index (χ2v) is 18.2. The van der Waals surface area contributed by atoms with E-state index in [0.717, 1.165) is 44.9 Å². The molecule has 0 fully saturated rings. The van der Waals surface area contributed by atoms with Crippen LogP contribution < -0.4 is 5.32 Å². The Labute approximate surface area is 373 Å². The van der Waals surface area contributed by atoms with E-state index < -0.39 is 36.9 Å².